The average Bonchev–Trinajstić information content (AvgIpc) is 3.35. The number of amides is 1. The molecule has 10 heteroatoms. The number of hydrogen-bond acceptors (Lipinski definition) is 5. The molecule has 1 saturated heterocycles. The van der Waals surface area contributed by atoms with Gasteiger partial charge in [-0.1, -0.05) is 59.1 Å². The summed E-state index contributed by atoms with van der Waals surface area (Å²) in [6, 6.07) is 14.2. The Morgan fingerprint density at radius 2 is 1.86 bits per heavy atom. The fraction of sp³-hybridized carbons (Fsp3) is 0.240. The predicted octanol–water partition coefficient (Wildman–Crippen LogP) is 5.63. The summed E-state index contributed by atoms with van der Waals surface area (Å²) in [5.41, 5.74) is 4.34. The van der Waals surface area contributed by atoms with Crippen LogP contribution in [0.1, 0.15) is 34.1 Å². The summed E-state index contributed by atoms with van der Waals surface area (Å²) in [6.07, 6.45) is 0.453. The molecule has 2 aromatic heterocycles. The highest BCUT2D eigenvalue weighted by Crippen LogP contribution is 2.34. The van der Waals surface area contributed by atoms with E-state index in [1.54, 1.807) is 35.9 Å². The van der Waals surface area contributed by atoms with Gasteiger partial charge in [-0.05, 0) is 38.5 Å². The third kappa shape index (κ3) is 4.53. The lowest BCUT2D eigenvalue weighted by atomic mass is 10.0. The summed E-state index contributed by atoms with van der Waals surface area (Å²) in [6.45, 7) is 3.78. The van der Waals surface area contributed by atoms with Gasteiger partial charge in [0.25, 0.3) is 5.91 Å². The lowest BCUT2D eigenvalue weighted by Gasteiger charge is -2.13. The maximum absolute atomic E-state index is 13.5. The van der Waals surface area contributed by atoms with Crippen LogP contribution >= 0.6 is 23.2 Å². The fourth-order valence-electron chi connectivity index (χ4n) is 4.38. The number of carbonyl (C=O) groups is 1. The number of nitrogens with one attached hydrogen (secondary N) is 1. The lowest BCUT2D eigenvalue weighted by molar-refractivity contribution is 0.102. The van der Waals surface area contributed by atoms with Gasteiger partial charge in [-0.2, -0.15) is 5.10 Å². The van der Waals surface area contributed by atoms with Gasteiger partial charge in [0, 0.05) is 5.56 Å². The van der Waals surface area contributed by atoms with Gasteiger partial charge in [0.15, 0.2) is 15.5 Å². The van der Waals surface area contributed by atoms with E-state index in [2.05, 4.69) is 10.4 Å². The first-order chi connectivity index (χ1) is 16.6. The van der Waals surface area contributed by atoms with Gasteiger partial charge < -0.3 is 5.32 Å². The van der Waals surface area contributed by atoms with E-state index in [0.29, 0.717) is 45.1 Å². The van der Waals surface area contributed by atoms with Crippen molar-refractivity contribution in [2.24, 2.45) is 0 Å². The zero-order valence-electron chi connectivity index (χ0n) is 19.0. The van der Waals surface area contributed by atoms with E-state index in [1.807, 2.05) is 31.2 Å². The molecule has 1 aliphatic heterocycles. The second-order valence-corrected chi connectivity index (χ2v) is 11.8. The molecule has 4 aromatic rings. The van der Waals surface area contributed by atoms with Gasteiger partial charge in [-0.15, -0.1) is 0 Å². The number of sulfone groups is 1. The van der Waals surface area contributed by atoms with E-state index in [9.17, 15) is 13.2 Å². The number of rotatable bonds is 4. The highest BCUT2D eigenvalue weighted by atomic mass is 35.5. The van der Waals surface area contributed by atoms with Crippen LogP contribution in [0.25, 0.3) is 22.3 Å². The molecule has 1 N–H and O–H groups in total. The number of anilines is 1. The number of carbonyl (C=O) groups excluding carboxylic acids is 1. The van der Waals surface area contributed by atoms with Crippen LogP contribution in [0.4, 0.5) is 5.69 Å². The number of pyridine rings is 1. The van der Waals surface area contributed by atoms with E-state index < -0.39 is 15.7 Å². The number of nitrogens with zero attached hydrogens (tertiary/aromatic N) is 3. The largest absolute Gasteiger partial charge is 0.321 e. The first kappa shape index (κ1) is 23.8. The van der Waals surface area contributed by atoms with Crippen LogP contribution in [0.2, 0.25) is 10.0 Å². The second kappa shape index (κ2) is 8.93. The van der Waals surface area contributed by atoms with Crippen molar-refractivity contribution in [1.29, 1.82) is 0 Å². The molecule has 0 saturated carbocycles. The number of hydrogen-bond donors (Lipinski definition) is 1. The quantitative estimate of drug-likeness (QED) is 0.370. The Hall–Kier alpha value is -2.94. The lowest BCUT2D eigenvalue weighted by Crippen LogP contribution is -2.15. The van der Waals surface area contributed by atoms with Gasteiger partial charge >= 0.3 is 0 Å². The molecule has 2 aromatic carbocycles. The van der Waals surface area contributed by atoms with Crippen LogP contribution in [0.15, 0.2) is 48.5 Å². The molecule has 180 valence electrons. The molecule has 0 aliphatic carbocycles. The molecule has 1 unspecified atom stereocenters. The van der Waals surface area contributed by atoms with E-state index in [-0.39, 0.29) is 22.6 Å². The van der Waals surface area contributed by atoms with Crippen molar-refractivity contribution in [1.82, 2.24) is 14.8 Å². The standard InChI is InChI=1S/C25H22Cl2N4O3S/c1-14-6-8-16(9-7-14)21-12-18(25(32)29-20-5-3-4-19(26)23(20)27)22-15(2)30-31(24(22)28-21)17-10-11-35(33,34)13-17/h3-9,12,17H,10-11,13H2,1-2H3,(H,29,32). The average molecular weight is 529 g/mol. The molecule has 1 fully saturated rings. The molecular formula is C25H22Cl2N4O3S. The summed E-state index contributed by atoms with van der Waals surface area (Å²) in [5, 5.41) is 8.63. The summed E-state index contributed by atoms with van der Waals surface area (Å²) >= 11 is 12.4. The Kier molecular flexibility index (Phi) is 6.07. The Balaban J connectivity index is 1.69. The highest BCUT2D eigenvalue weighted by Gasteiger charge is 2.32. The van der Waals surface area contributed by atoms with Gasteiger partial charge in [0.2, 0.25) is 0 Å². The van der Waals surface area contributed by atoms with Crippen LogP contribution in [-0.2, 0) is 9.84 Å². The summed E-state index contributed by atoms with van der Waals surface area (Å²) in [5.74, 6) is -0.285. The van der Waals surface area contributed by atoms with Gasteiger partial charge in [-0.3, -0.25) is 4.79 Å². The molecule has 3 heterocycles. The SMILES string of the molecule is Cc1ccc(-c2cc(C(=O)Nc3cccc(Cl)c3Cl)c3c(C)nn(C4CCS(=O)(=O)C4)c3n2)cc1. The molecule has 7 nitrogen and oxygen atoms in total. The third-order valence-corrected chi connectivity index (χ3v) is 8.75. The number of aryl methyl sites for hydroxylation is 2. The predicted molar refractivity (Wildman–Crippen MR) is 139 cm³/mol. The maximum Gasteiger partial charge on any atom is 0.256 e. The zero-order valence-corrected chi connectivity index (χ0v) is 21.4. The molecule has 5 rings (SSSR count). The van der Waals surface area contributed by atoms with Crippen molar-refractivity contribution in [2.75, 3.05) is 16.8 Å². The van der Waals surface area contributed by atoms with E-state index >= 15 is 0 Å². The monoisotopic (exact) mass is 528 g/mol. The fourth-order valence-corrected chi connectivity index (χ4v) is 6.42. The van der Waals surface area contributed by atoms with Crippen LogP contribution in [0.5, 0.6) is 0 Å². The van der Waals surface area contributed by atoms with E-state index in [0.717, 1.165) is 11.1 Å². The maximum atomic E-state index is 13.5. The minimum absolute atomic E-state index is 0.000683. The molecule has 1 atom stereocenters. The van der Waals surface area contributed by atoms with Crippen molar-refractivity contribution in [3.63, 3.8) is 0 Å². The first-order valence-corrected chi connectivity index (χ1v) is 13.6. The molecule has 1 aliphatic rings. The topological polar surface area (TPSA) is 94.0 Å². The Morgan fingerprint density at radius 3 is 2.54 bits per heavy atom. The smallest absolute Gasteiger partial charge is 0.256 e. The van der Waals surface area contributed by atoms with Crippen LogP contribution < -0.4 is 5.32 Å². The third-order valence-electron chi connectivity index (χ3n) is 6.18. The highest BCUT2D eigenvalue weighted by molar-refractivity contribution is 7.91. The first-order valence-electron chi connectivity index (χ1n) is 11.1. The number of fused-ring (bicyclic) bond motifs is 1. The number of halogens is 2. The zero-order chi connectivity index (χ0) is 24.9. The van der Waals surface area contributed by atoms with Gasteiger partial charge in [0.05, 0.1) is 55.6 Å². The van der Waals surface area contributed by atoms with Crippen molar-refractivity contribution < 1.29 is 13.2 Å². The van der Waals surface area contributed by atoms with Gasteiger partial charge in [0.1, 0.15) is 0 Å². The van der Waals surface area contributed by atoms with Crippen LogP contribution in [0.3, 0.4) is 0 Å². The van der Waals surface area contributed by atoms with E-state index in [4.69, 9.17) is 28.2 Å². The van der Waals surface area contributed by atoms with Crippen molar-refractivity contribution >= 4 is 55.7 Å². The molecule has 0 bridgehead atoms. The Labute approximate surface area is 213 Å². The van der Waals surface area contributed by atoms with Crippen molar-refractivity contribution in [2.45, 2.75) is 26.3 Å². The van der Waals surface area contributed by atoms with Crippen molar-refractivity contribution in [3.05, 3.63) is 75.4 Å². The number of benzene rings is 2. The molecule has 1 amide bonds. The Bertz CT molecular complexity index is 1580. The molecule has 0 radical (unpaired) electrons. The molecule has 0 spiro atoms. The summed E-state index contributed by atoms with van der Waals surface area (Å²) in [7, 11) is -3.14. The minimum atomic E-state index is -3.14. The van der Waals surface area contributed by atoms with Crippen LogP contribution in [-0.4, -0.2) is 40.6 Å². The molecular weight excluding hydrogens is 507 g/mol. The minimum Gasteiger partial charge on any atom is -0.321 e. The Morgan fingerprint density at radius 1 is 1.11 bits per heavy atom. The van der Waals surface area contributed by atoms with E-state index in [1.165, 1.54) is 0 Å². The van der Waals surface area contributed by atoms with Crippen molar-refractivity contribution in [3.8, 4) is 11.3 Å². The second-order valence-electron chi connectivity index (χ2n) is 8.76. The molecule has 35 heavy (non-hydrogen) atoms. The summed E-state index contributed by atoms with van der Waals surface area (Å²) in [4.78, 5) is 18.4. The van der Waals surface area contributed by atoms with Crippen LogP contribution in [0, 0.1) is 13.8 Å². The number of aromatic nitrogens is 3. The normalized spacial score (nSPS) is 17.1. The van der Waals surface area contributed by atoms with Gasteiger partial charge in [-0.25, -0.2) is 18.1 Å². The summed E-state index contributed by atoms with van der Waals surface area (Å²) < 4.78 is 26.0.